The number of halogens is 8. The van der Waals surface area contributed by atoms with Crippen molar-refractivity contribution in [3.8, 4) is 0 Å². The number of rotatable bonds is 8. The molecule has 0 aromatic heterocycles. The summed E-state index contributed by atoms with van der Waals surface area (Å²) < 4.78 is 1.69. The molecule has 1 aliphatic rings. The van der Waals surface area contributed by atoms with Crippen molar-refractivity contribution >= 4 is 129 Å². The van der Waals surface area contributed by atoms with Gasteiger partial charge >= 0.3 is 0 Å². The second-order valence-corrected chi connectivity index (χ2v) is 13.0. The Kier molecular flexibility index (Phi) is 11.1. The fraction of sp³-hybridized carbons (Fsp3) is 0.667. The van der Waals surface area contributed by atoms with Crippen LogP contribution in [0.2, 0.25) is 0 Å². The molecule has 2 atom stereocenters. The van der Waals surface area contributed by atoms with Gasteiger partial charge in [-0.25, -0.2) is 0 Å². The first-order valence-electron chi connectivity index (χ1n) is 6.81. The second kappa shape index (κ2) is 11.2. The average Bonchev–Trinajstić information content (AvgIpc) is 2.57. The largest absolute Gasteiger partial charge is 0.297 e. The molecular weight excluding hydrogens is 552 g/mol. The van der Waals surface area contributed by atoms with E-state index in [-0.39, 0.29) is 0 Å². The molecule has 0 saturated carbocycles. The highest BCUT2D eigenvalue weighted by atomic mass is 35.6. The summed E-state index contributed by atoms with van der Waals surface area (Å²) in [6.45, 7) is 0. The van der Waals surface area contributed by atoms with Crippen molar-refractivity contribution < 1.29 is 9.59 Å². The Morgan fingerprint density at radius 2 is 1.12 bits per heavy atom. The monoisotopic (exact) mass is 560 g/mol. The van der Waals surface area contributed by atoms with E-state index in [9.17, 15) is 9.59 Å². The van der Waals surface area contributed by atoms with Gasteiger partial charge in [0.2, 0.25) is 19.1 Å². The number of hydrogen-bond donors (Lipinski definition) is 2. The topological polar surface area (TPSA) is 58.2 Å². The highest BCUT2D eigenvalue weighted by Gasteiger charge is 2.40. The minimum absolute atomic E-state index is 0.346. The van der Waals surface area contributed by atoms with Crippen LogP contribution in [-0.4, -0.2) is 28.8 Å². The molecule has 4 nitrogen and oxygen atoms in total. The molecule has 0 saturated heterocycles. The normalized spacial score (nSPS) is 21.2. The van der Waals surface area contributed by atoms with Gasteiger partial charge in [0.25, 0.3) is 0 Å². The molecule has 2 unspecified atom stereocenters. The zero-order valence-electron chi connectivity index (χ0n) is 12.5. The van der Waals surface area contributed by atoms with Gasteiger partial charge in [-0.1, -0.05) is 58.6 Å². The lowest BCUT2D eigenvalue weighted by Gasteiger charge is -2.28. The summed E-state index contributed by atoms with van der Waals surface area (Å²) in [5.74, 6) is -2.21. The molecule has 14 heteroatoms. The molecule has 150 valence electrons. The first-order chi connectivity index (χ1) is 11.9. The SMILES string of the molecule is O=C(NSC(Cl)(Cl)C(Cl)Cl)C1CC=CCC1C(=O)NSC(Cl)(Cl)C(Cl)Cl. The highest BCUT2D eigenvalue weighted by molar-refractivity contribution is 8.02. The van der Waals surface area contributed by atoms with Crippen molar-refractivity contribution in [3.05, 3.63) is 12.2 Å². The van der Waals surface area contributed by atoms with Gasteiger partial charge in [-0.2, -0.15) is 0 Å². The fourth-order valence-electron chi connectivity index (χ4n) is 1.87. The Labute approximate surface area is 199 Å². The molecule has 2 N–H and O–H groups in total. The molecule has 0 aliphatic heterocycles. The van der Waals surface area contributed by atoms with Crippen LogP contribution in [0.3, 0.4) is 0 Å². The molecule has 0 aromatic rings. The number of allylic oxidation sites excluding steroid dienone is 2. The van der Waals surface area contributed by atoms with Gasteiger partial charge in [0, 0.05) is 0 Å². The molecule has 0 radical (unpaired) electrons. The Bertz CT molecular complexity index is 501. The third kappa shape index (κ3) is 7.85. The van der Waals surface area contributed by atoms with Crippen LogP contribution >= 0.6 is 117 Å². The second-order valence-electron chi connectivity index (χ2n) is 5.02. The third-order valence-electron chi connectivity index (χ3n) is 3.19. The lowest BCUT2D eigenvalue weighted by atomic mass is 9.82. The molecule has 0 heterocycles. The van der Waals surface area contributed by atoms with E-state index in [1.54, 1.807) is 12.2 Å². The minimum atomic E-state index is -1.64. The summed E-state index contributed by atoms with van der Waals surface area (Å²) >= 11 is 47.4. The zero-order chi connectivity index (χ0) is 20.1. The van der Waals surface area contributed by atoms with Crippen LogP contribution in [0.4, 0.5) is 0 Å². The first-order valence-corrected chi connectivity index (χ1v) is 11.7. The van der Waals surface area contributed by atoms with E-state index in [0.717, 1.165) is 0 Å². The van der Waals surface area contributed by atoms with Crippen LogP contribution in [0, 0.1) is 11.8 Å². The predicted octanol–water partition coefficient (Wildman–Crippen LogP) is 5.97. The summed E-state index contributed by atoms with van der Waals surface area (Å²) in [4.78, 5) is 22.6. The zero-order valence-corrected chi connectivity index (χ0v) is 20.2. The lowest BCUT2D eigenvalue weighted by molar-refractivity contribution is -0.132. The number of carbonyl (C=O) groups is 2. The van der Waals surface area contributed by atoms with Crippen molar-refractivity contribution in [2.24, 2.45) is 11.8 Å². The lowest BCUT2D eigenvalue weighted by Crippen LogP contribution is -2.41. The van der Waals surface area contributed by atoms with E-state index in [1.165, 1.54) is 0 Å². The van der Waals surface area contributed by atoms with Crippen molar-refractivity contribution in [1.29, 1.82) is 0 Å². The summed E-state index contributed by atoms with van der Waals surface area (Å²) in [7, 11) is 0. The van der Waals surface area contributed by atoms with Gasteiger partial charge in [-0.15, -0.1) is 46.4 Å². The number of nitrogens with one attached hydrogen (secondary N) is 2. The third-order valence-corrected chi connectivity index (χ3v) is 9.33. The summed E-state index contributed by atoms with van der Waals surface area (Å²) in [6, 6.07) is 0. The Morgan fingerprint density at radius 3 is 1.38 bits per heavy atom. The standard InChI is InChI=1S/C12H12Cl8N2O2S2/c13-9(14)11(17,18)25-21-7(23)5-3-1-2-4-6(5)8(24)22-26-12(19,20)10(15)16/h1-2,5-6,9-10H,3-4H2,(H,21,23)(H,22,24). The van der Waals surface area contributed by atoms with E-state index in [2.05, 4.69) is 9.44 Å². The van der Waals surface area contributed by atoms with Crippen LogP contribution in [0.25, 0.3) is 0 Å². The molecule has 1 rings (SSSR count). The fourth-order valence-corrected chi connectivity index (χ4v) is 3.82. The van der Waals surface area contributed by atoms with E-state index in [1.807, 2.05) is 0 Å². The van der Waals surface area contributed by atoms with Gasteiger partial charge < -0.3 is 0 Å². The van der Waals surface area contributed by atoms with E-state index in [4.69, 9.17) is 92.8 Å². The van der Waals surface area contributed by atoms with Crippen LogP contribution in [-0.2, 0) is 9.59 Å². The Balaban J connectivity index is 2.70. The molecule has 0 aromatic carbocycles. The summed E-state index contributed by atoms with van der Waals surface area (Å²) in [5, 5.41) is 0. The molecule has 0 bridgehead atoms. The van der Waals surface area contributed by atoms with Gasteiger partial charge in [0.15, 0.2) is 9.67 Å². The highest BCUT2D eigenvalue weighted by Crippen LogP contribution is 2.42. The van der Waals surface area contributed by atoms with Crippen LogP contribution in [0.1, 0.15) is 12.8 Å². The summed E-state index contributed by atoms with van der Waals surface area (Å²) in [5.41, 5.74) is 0. The molecular formula is C12H12Cl8N2O2S2. The van der Waals surface area contributed by atoms with Gasteiger partial charge in [-0.05, 0) is 36.7 Å². The quantitative estimate of drug-likeness (QED) is 0.217. The number of hydrogen-bond acceptors (Lipinski definition) is 4. The molecule has 0 spiro atoms. The number of amides is 2. The van der Waals surface area contributed by atoms with Crippen molar-refractivity contribution in [2.45, 2.75) is 29.8 Å². The van der Waals surface area contributed by atoms with Crippen molar-refractivity contribution in [2.75, 3.05) is 0 Å². The maximum atomic E-state index is 12.4. The van der Waals surface area contributed by atoms with E-state index in [0.29, 0.717) is 36.7 Å². The predicted molar refractivity (Wildman–Crippen MR) is 117 cm³/mol. The molecule has 26 heavy (non-hydrogen) atoms. The number of carbonyl (C=O) groups excluding carboxylic acids is 2. The average molecular weight is 564 g/mol. The van der Waals surface area contributed by atoms with E-state index >= 15 is 0 Å². The van der Waals surface area contributed by atoms with Gasteiger partial charge in [0.05, 0.1) is 11.8 Å². The molecule has 0 fully saturated rings. The van der Waals surface area contributed by atoms with Gasteiger partial charge in [0.1, 0.15) is 0 Å². The maximum absolute atomic E-state index is 12.4. The first kappa shape index (κ1) is 25.7. The van der Waals surface area contributed by atoms with Crippen LogP contribution < -0.4 is 9.44 Å². The van der Waals surface area contributed by atoms with Crippen LogP contribution in [0.15, 0.2) is 12.2 Å². The van der Waals surface area contributed by atoms with Crippen molar-refractivity contribution in [1.82, 2.24) is 9.44 Å². The minimum Gasteiger partial charge on any atom is -0.297 e. The van der Waals surface area contributed by atoms with Gasteiger partial charge in [-0.3, -0.25) is 19.0 Å². The molecule has 2 amide bonds. The van der Waals surface area contributed by atoms with E-state index < -0.39 is 40.7 Å². The maximum Gasteiger partial charge on any atom is 0.234 e. The van der Waals surface area contributed by atoms with Crippen LogP contribution in [0.5, 0.6) is 0 Å². The number of alkyl halides is 8. The Hall–Kier alpha value is 1.70. The Morgan fingerprint density at radius 1 is 0.808 bits per heavy atom. The summed E-state index contributed by atoms with van der Waals surface area (Å²) in [6.07, 6.45) is 4.29. The van der Waals surface area contributed by atoms with Crippen molar-refractivity contribution in [3.63, 3.8) is 0 Å². The smallest absolute Gasteiger partial charge is 0.234 e. The molecule has 1 aliphatic carbocycles.